The van der Waals surface area contributed by atoms with Crippen molar-refractivity contribution in [2.45, 2.75) is 219 Å². The van der Waals surface area contributed by atoms with Crippen LogP contribution in [0.2, 0.25) is 0 Å². The van der Waals surface area contributed by atoms with E-state index in [0.717, 1.165) is 167 Å². The molecule has 0 aromatic carbocycles. The quantitative estimate of drug-likeness (QED) is 0.0262. The lowest BCUT2D eigenvalue weighted by molar-refractivity contribution is -0.167. The third-order valence-corrected chi connectivity index (χ3v) is 11.0. The summed E-state index contributed by atoms with van der Waals surface area (Å²) in [5, 5.41) is 0. The fraction of sp³-hybridized carbons (Fsp3) is 0.554. The molecule has 0 heterocycles. The minimum Gasteiger partial charge on any atom is -0.462 e. The molecular formula is C65H100O6. The highest BCUT2D eigenvalue weighted by Gasteiger charge is 2.19. The van der Waals surface area contributed by atoms with Gasteiger partial charge in [0, 0.05) is 19.3 Å². The van der Waals surface area contributed by atoms with Crippen LogP contribution in [0.3, 0.4) is 0 Å². The molecule has 0 bridgehead atoms. The minimum atomic E-state index is -0.832. The monoisotopic (exact) mass is 977 g/mol. The molecule has 0 radical (unpaired) electrons. The normalized spacial score (nSPS) is 13.3. The van der Waals surface area contributed by atoms with Gasteiger partial charge in [-0.15, -0.1) is 0 Å². The SMILES string of the molecule is CC/C=C\C/C=C\C/C=C\C/C=C\C/C=C\CCCCCCCC(=O)OCC(COC(=O)CCCCCCC/C=C\C/C=C\C/C=C\CC)OC(=O)CCC/C=C\C/C=C\C/C=C\C/C=C\C/C=C\CC. The van der Waals surface area contributed by atoms with Gasteiger partial charge in [-0.3, -0.25) is 14.4 Å². The maximum Gasteiger partial charge on any atom is 0.306 e. The molecule has 1 atom stereocenters. The Labute approximate surface area is 435 Å². The number of hydrogen-bond donors (Lipinski definition) is 0. The lowest BCUT2D eigenvalue weighted by Crippen LogP contribution is -2.30. The van der Waals surface area contributed by atoms with Gasteiger partial charge in [-0.25, -0.2) is 0 Å². The van der Waals surface area contributed by atoms with Crippen molar-refractivity contribution < 1.29 is 28.6 Å². The van der Waals surface area contributed by atoms with E-state index >= 15 is 0 Å². The first-order valence-corrected chi connectivity index (χ1v) is 28.0. The van der Waals surface area contributed by atoms with Crippen molar-refractivity contribution in [3.8, 4) is 0 Å². The van der Waals surface area contributed by atoms with Crippen molar-refractivity contribution in [1.29, 1.82) is 0 Å². The van der Waals surface area contributed by atoms with Crippen LogP contribution in [-0.4, -0.2) is 37.2 Å². The molecule has 396 valence electrons. The smallest absolute Gasteiger partial charge is 0.306 e. The first-order chi connectivity index (χ1) is 35.0. The summed E-state index contributed by atoms with van der Waals surface area (Å²) in [5.41, 5.74) is 0. The van der Waals surface area contributed by atoms with Crippen LogP contribution in [0, 0.1) is 0 Å². The fourth-order valence-electron chi connectivity index (χ4n) is 6.93. The van der Waals surface area contributed by atoms with Gasteiger partial charge in [-0.1, -0.05) is 217 Å². The van der Waals surface area contributed by atoms with Crippen molar-refractivity contribution in [3.05, 3.63) is 158 Å². The molecule has 0 saturated heterocycles. The number of hydrogen-bond acceptors (Lipinski definition) is 6. The molecule has 6 nitrogen and oxygen atoms in total. The summed E-state index contributed by atoms with van der Waals surface area (Å²) >= 11 is 0. The molecule has 1 unspecified atom stereocenters. The van der Waals surface area contributed by atoms with Gasteiger partial charge >= 0.3 is 17.9 Å². The molecule has 0 rings (SSSR count). The summed E-state index contributed by atoms with van der Waals surface area (Å²) in [4.78, 5) is 38.1. The van der Waals surface area contributed by atoms with E-state index in [2.05, 4.69) is 179 Å². The number of esters is 3. The maximum absolute atomic E-state index is 12.8. The van der Waals surface area contributed by atoms with Crippen LogP contribution in [0.4, 0.5) is 0 Å². The molecule has 0 N–H and O–H groups in total. The van der Waals surface area contributed by atoms with E-state index in [1.54, 1.807) is 0 Å². The van der Waals surface area contributed by atoms with Crippen molar-refractivity contribution in [2.75, 3.05) is 13.2 Å². The number of carbonyl (C=O) groups excluding carboxylic acids is 3. The van der Waals surface area contributed by atoms with Gasteiger partial charge in [0.05, 0.1) is 0 Å². The van der Waals surface area contributed by atoms with Crippen LogP contribution in [-0.2, 0) is 28.6 Å². The van der Waals surface area contributed by atoms with E-state index in [1.807, 2.05) is 0 Å². The molecule has 0 aromatic heterocycles. The van der Waals surface area contributed by atoms with Crippen LogP contribution < -0.4 is 0 Å². The second kappa shape index (κ2) is 57.6. The predicted octanol–water partition coefficient (Wildman–Crippen LogP) is 19.0. The lowest BCUT2D eigenvalue weighted by atomic mass is 10.1. The molecule has 0 aliphatic rings. The highest BCUT2D eigenvalue weighted by Crippen LogP contribution is 2.12. The van der Waals surface area contributed by atoms with Crippen LogP contribution in [0.15, 0.2) is 158 Å². The number of allylic oxidation sites excluding steroid dienone is 26. The van der Waals surface area contributed by atoms with Crippen molar-refractivity contribution >= 4 is 17.9 Å². The second-order valence-electron chi connectivity index (χ2n) is 17.7. The Morgan fingerprint density at radius 2 is 0.521 bits per heavy atom. The zero-order valence-corrected chi connectivity index (χ0v) is 45.2. The summed E-state index contributed by atoms with van der Waals surface area (Å²) < 4.78 is 16.8. The van der Waals surface area contributed by atoms with Gasteiger partial charge in [-0.05, 0) is 135 Å². The largest absolute Gasteiger partial charge is 0.462 e. The molecule has 0 aromatic rings. The van der Waals surface area contributed by atoms with Crippen LogP contribution in [0.1, 0.15) is 213 Å². The van der Waals surface area contributed by atoms with Crippen molar-refractivity contribution in [3.63, 3.8) is 0 Å². The van der Waals surface area contributed by atoms with Gasteiger partial charge in [-0.2, -0.15) is 0 Å². The predicted molar refractivity (Wildman–Crippen MR) is 306 cm³/mol. The van der Waals surface area contributed by atoms with Crippen molar-refractivity contribution in [1.82, 2.24) is 0 Å². The minimum absolute atomic E-state index is 0.124. The van der Waals surface area contributed by atoms with E-state index < -0.39 is 6.10 Å². The molecule has 0 spiro atoms. The summed E-state index contributed by atoms with van der Waals surface area (Å²) in [5.74, 6) is -1.03. The lowest BCUT2D eigenvalue weighted by Gasteiger charge is -2.18. The average Bonchev–Trinajstić information content (AvgIpc) is 3.37. The van der Waals surface area contributed by atoms with E-state index in [4.69, 9.17) is 14.2 Å². The summed E-state index contributed by atoms with van der Waals surface area (Å²) in [6.45, 7) is 6.20. The van der Waals surface area contributed by atoms with Gasteiger partial charge in [0.2, 0.25) is 0 Å². The molecular weight excluding hydrogens is 877 g/mol. The van der Waals surface area contributed by atoms with Gasteiger partial charge < -0.3 is 14.2 Å². The first-order valence-electron chi connectivity index (χ1n) is 28.0. The van der Waals surface area contributed by atoms with Gasteiger partial charge in [0.25, 0.3) is 0 Å². The number of unbranched alkanes of at least 4 members (excludes halogenated alkanes) is 11. The Bertz CT molecular complexity index is 1640. The highest BCUT2D eigenvalue weighted by molar-refractivity contribution is 5.71. The van der Waals surface area contributed by atoms with E-state index in [-0.39, 0.29) is 37.5 Å². The molecule has 0 aliphatic heterocycles. The van der Waals surface area contributed by atoms with Crippen LogP contribution >= 0.6 is 0 Å². The third-order valence-electron chi connectivity index (χ3n) is 11.0. The highest BCUT2D eigenvalue weighted by atomic mass is 16.6. The molecule has 0 fully saturated rings. The topological polar surface area (TPSA) is 78.9 Å². The Balaban J connectivity index is 4.56. The second-order valence-corrected chi connectivity index (χ2v) is 17.7. The zero-order chi connectivity index (χ0) is 51.4. The molecule has 0 aliphatic carbocycles. The fourth-order valence-corrected chi connectivity index (χ4v) is 6.93. The van der Waals surface area contributed by atoms with Crippen LogP contribution in [0.5, 0.6) is 0 Å². The zero-order valence-electron chi connectivity index (χ0n) is 45.2. The van der Waals surface area contributed by atoms with Gasteiger partial charge in [0.15, 0.2) is 6.10 Å². The summed E-state index contributed by atoms with van der Waals surface area (Å²) in [6.07, 6.45) is 83.8. The van der Waals surface area contributed by atoms with Crippen molar-refractivity contribution in [2.24, 2.45) is 0 Å². The Morgan fingerprint density at radius 3 is 0.831 bits per heavy atom. The van der Waals surface area contributed by atoms with Gasteiger partial charge in [0.1, 0.15) is 13.2 Å². The molecule has 0 saturated carbocycles. The van der Waals surface area contributed by atoms with E-state index in [1.165, 1.54) is 0 Å². The summed E-state index contributed by atoms with van der Waals surface area (Å²) in [7, 11) is 0. The summed E-state index contributed by atoms with van der Waals surface area (Å²) in [6, 6.07) is 0. The number of carbonyl (C=O) groups is 3. The average molecular weight is 978 g/mol. The van der Waals surface area contributed by atoms with Crippen LogP contribution in [0.25, 0.3) is 0 Å². The Morgan fingerprint density at radius 1 is 0.282 bits per heavy atom. The first kappa shape index (κ1) is 66.0. The molecule has 6 heteroatoms. The standard InChI is InChI=1S/C65H100O6/c1-4-7-10-13-16-19-22-25-28-30-31-32-33-35-37-40-43-46-49-52-55-58-64(67)70-61-62(60-69-63(66)57-54-51-48-45-42-39-36-27-24-21-18-15-12-9-6-3)71-65(68)59-56-53-50-47-44-41-38-34-29-26-23-20-17-14-11-8-5-2/h7-12,16-21,25-29,31-32,35-38,41,47,50,62H,4-6,13-15,22-24,30,33-34,39-40,42-46,48-49,51-61H2,1-3H3/b10-7-,11-8-,12-9-,19-16-,20-17-,21-18-,28-25-,29-26-,32-31-,36-27-,37-35-,41-38-,50-47-. The molecule has 71 heavy (non-hydrogen) atoms. The number of ether oxygens (including phenoxy) is 3. The molecule has 0 amide bonds. The number of rotatable bonds is 48. The van der Waals surface area contributed by atoms with E-state index in [9.17, 15) is 14.4 Å². The third kappa shape index (κ3) is 55.8. The Kier molecular flexibility index (Phi) is 53.6. The maximum atomic E-state index is 12.8. The Hall–Kier alpha value is -4.97. The van der Waals surface area contributed by atoms with E-state index in [0.29, 0.717) is 19.3 Å².